The molecule has 1 aromatic heterocycles. The van der Waals surface area contributed by atoms with Gasteiger partial charge in [0.05, 0.1) is 29.3 Å². The highest BCUT2D eigenvalue weighted by molar-refractivity contribution is 6.06. The minimum atomic E-state index is -0.733. The third kappa shape index (κ3) is 3.96. The minimum absolute atomic E-state index is 0.280. The lowest BCUT2D eigenvalue weighted by molar-refractivity contribution is -0.125. The van der Waals surface area contributed by atoms with Gasteiger partial charge in [0.25, 0.3) is 5.91 Å². The fraction of sp³-hybridized carbons (Fsp3) is 0.261. The van der Waals surface area contributed by atoms with E-state index in [9.17, 15) is 9.18 Å². The zero-order valence-electron chi connectivity index (χ0n) is 17.1. The Balaban J connectivity index is 1.45. The predicted molar refractivity (Wildman–Crippen MR) is 113 cm³/mol. The Labute approximate surface area is 174 Å². The Morgan fingerprint density at radius 3 is 2.63 bits per heavy atom. The second kappa shape index (κ2) is 8.10. The molecule has 0 spiro atoms. The molecule has 0 aliphatic carbocycles. The number of aromatic nitrogens is 2. The Morgan fingerprint density at radius 2 is 1.90 bits per heavy atom. The number of carbonyl (C=O) groups is 1. The Bertz CT molecular complexity index is 1120. The maximum atomic E-state index is 13.1. The fourth-order valence-corrected chi connectivity index (χ4v) is 3.52. The smallest absolute Gasteiger partial charge is 0.268 e. The van der Waals surface area contributed by atoms with E-state index in [0.717, 1.165) is 17.0 Å². The van der Waals surface area contributed by atoms with Gasteiger partial charge >= 0.3 is 0 Å². The Kier molecular flexibility index (Phi) is 5.35. The SMILES string of the molecule is Cc1ccccc1Cn1nc(C)c(NC(=O)C2CC(c3ccc(F)cc3)=NO2)c1C. The van der Waals surface area contributed by atoms with Crippen molar-refractivity contribution in [2.75, 3.05) is 5.32 Å². The molecule has 2 aromatic carbocycles. The van der Waals surface area contributed by atoms with Gasteiger partial charge in [-0.25, -0.2) is 4.39 Å². The molecule has 0 saturated heterocycles. The van der Waals surface area contributed by atoms with Gasteiger partial charge in [0, 0.05) is 6.42 Å². The molecule has 1 amide bonds. The van der Waals surface area contributed by atoms with Crippen LogP contribution < -0.4 is 5.32 Å². The van der Waals surface area contributed by atoms with E-state index in [0.29, 0.717) is 24.4 Å². The number of aryl methyl sites for hydroxylation is 2. The van der Waals surface area contributed by atoms with Crippen LogP contribution in [0.5, 0.6) is 0 Å². The van der Waals surface area contributed by atoms with Gasteiger partial charge in [-0.3, -0.25) is 9.48 Å². The van der Waals surface area contributed by atoms with Gasteiger partial charge < -0.3 is 10.2 Å². The minimum Gasteiger partial charge on any atom is -0.382 e. The molecule has 0 bridgehead atoms. The molecule has 154 valence electrons. The first-order chi connectivity index (χ1) is 14.4. The zero-order chi connectivity index (χ0) is 21.3. The number of halogens is 1. The highest BCUT2D eigenvalue weighted by atomic mass is 19.1. The van der Waals surface area contributed by atoms with Crippen LogP contribution in [-0.4, -0.2) is 27.5 Å². The highest BCUT2D eigenvalue weighted by Crippen LogP contribution is 2.24. The van der Waals surface area contributed by atoms with Crippen molar-refractivity contribution in [3.05, 3.63) is 82.4 Å². The Hall–Kier alpha value is -3.48. The van der Waals surface area contributed by atoms with E-state index < -0.39 is 6.10 Å². The molecule has 30 heavy (non-hydrogen) atoms. The van der Waals surface area contributed by atoms with Crippen LogP contribution in [0, 0.1) is 26.6 Å². The van der Waals surface area contributed by atoms with Crippen LogP contribution in [0.25, 0.3) is 0 Å². The lowest BCUT2D eigenvalue weighted by Crippen LogP contribution is -2.28. The van der Waals surface area contributed by atoms with Gasteiger partial charge in [0.15, 0.2) is 0 Å². The summed E-state index contributed by atoms with van der Waals surface area (Å²) in [5, 5.41) is 11.5. The summed E-state index contributed by atoms with van der Waals surface area (Å²) in [7, 11) is 0. The van der Waals surface area contributed by atoms with Crippen LogP contribution in [0.4, 0.5) is 10.1 Å². The van der Waals surface area contributed by atoms with E-state index in [1.54, 1.807) is 12.1 Å². The van der Waals surface area contributed by atoms with Gasteiger partial charge in [-0.15, -0.1) is 0 Å². The summed E-state index contributed by atoms with van der Waals surface area (Å²) in [5.74, 6) is -0.598. The van der Waals surface area contributed by atoms with Crippen LogP contribution in [0.15, 0.2) is 53.7 Å². The highest BCUT2D eigenvalue weighted by Gasteiger charge is 2.30. The average molecular weight is 406 g/mol. The fourth-order valence-electron chi connectivity index (χ4n) is 3.52. The molecule has 6 nitrogen and oxygen atoms in total. The number of oxime groups is 1. The molecule has 1 atom stereocenters. The maximum Gasteiger partial charge on any atom is 0.268 e. The quantitative estimate of drug-likeness (QED) is 0.693. The lowest BCUT2D eigenvalue weighted by atomic mass is 10.0. The van der Waals surface area contributed by atoms with E-state index in [4.69, 9.17) is 4.84 Å². The number of nitrogens with one attached hydrogen (secondary N) is 1. The van der Waals surface area contributed by atoms with E-state index in [1.807, 2.05) is 30.7 Å². The molecule has 4 rings (SSSR count). The summed E-state index contributed by atoms with van der Waals surface area (Å²) >= 11 is 0. The number of hydrogen-bond acceptors (Lipinski definition) is 4. The number of rotatable bonds is 5. The van der Waals surface area contributed by atoms with Crippen LogP contribution in [-0.2, 0) is 16.2 Å². The molecule has 0 saturated carbocycles. The van der Waals surface area contributed by atoms with Crippen molar-refractivity contribution < 1.29 is 14.0 Å². The van der Waals surface area contributed by atoms with E-state index in [1.165, 1.54) is 23.3 Å². The molecule has 1 N–H and O–H groups in total. The van der Waals surface area contributed by atoms with Crippen molar-refractivity contribution in [2.45, 2.75) is 39.8 Å². The normalized spacial score (nSPS) is 15.6. The number of anilines is 1. The van der Waals surface area contributed by atoms with Crippen molar-refractivity contribution in [3.8, 4) is 0 Å². The molecular weight excluding hydrogens is 383 g/mol. The van der Waals surface area contributed by atoms with Crippen LogP contribution in [0.3, 0.4) is 0 Å². The van der Waals surface area contributed by atoms with Crippen molar-refractivity contribution in [2.24, 2.45) is 5.16 Å². The second-order valence-electron chi connectivity index (χ2n) is 7.46. The molecule has 3 aromatic rings. The standard InChI is InChI=1S/C23H23FN4O2/c1-14-6-4-5-7-18(14)13-28-16(3)22(15(2)26-28)25-23(29)21-12-20(27-30-21)17-8-10-19(24)11-9-17/h4-11,21H,12-13H2,1-3H3,(H,25,29). The third-order valence-electron chi connectivity index (χ3n) is 5.35. The number of benzene rings is 2. The maximum absolute atomic E-state index is 13.1. The number of nitrogens with zero attached hydrogens (tertiary/aromatic N) is 3. The summed E-state index contributed by atoms with van der Waals surface area (Å²) in [5.41, 5.74) is 6.04. The molecule has 1 aliphatic rings. The summed E-state index contributed by atoms with van der Waals surface area (Å²) in [6, 6.07) is 14.1. The van der Waals surface area contributed by atoms with Crippen molar-refractivity contribution >= 4 is 17.3 Å². The first kappa shape index (κ1) is 19.8. The van der Waals surface area contributed by atoms with Gasteiger partial charge in [-0.1, -0.05) is 41.6 Å². The number of hydrogen-bond donors (Lipinski definition) is 1. The van der Waals surface area contributed by atoms with Crippen LogP contribution in [0.1, 0.15) is 34.5 Å². The van der Waals surface area contributed by atoms with Gasteiger partial charge in [0.1, 0.15) is 5.82 Å². The lowest BCUT2D eigenvalue weighted by Gasteiger charge is -2.11. The largest absolute Gasteiger partial charge is 0.382 e. The molecule has 0 fully saturated rings. The Morgan fingerprint density at radius 1 is 1.17 bits per heavy atom. The van der Waals surface area contributed by atoms with Gasteiger partial charge in [0.2, 0.25) is 6.10 Å². The summed E-state index contributed by atoms with van der Waals surface area (Å²) in [6.07, 6.45) is -0.407. The second-order valence-corrected chi connectivity index (χ2v) is 7.46. The molecular formula is C23H23FN4O2. The molecule has 1 unspecified atom stereocenters. The predicted octanol–water partition coefficient (Wildman–Crippen LogP) is 4.13. The molecule has 1 aliphatic heterocycles. The molecule has 7 heteroatoms. The molecule has 0 radical (unpaired) electrons. The van der Waals surface area contributed by atoms with Crippen molar-refractivity contribution in [3.63, 3.8) is 0 Å². The van der Waals surface area contributed by atoms with Crippen molar-refractivity contribution in [1.29, 1.82) is 0 Å². The van der Waals surface area contributed by atoms with Crippen LogP contribution in [0.2, 0.25) is 0 Å². The summed E-state index contributed by atoms with van der Waals surface area (Å²) in [4.78, 5) is 18.1. The summed E-state index contributed by atoms with van der Waals surface area (Å²) in [6.45, 7) is 6.50. The summed E-state index contributed by atoms with van der Waals surface area (Å²) < 4.78 is 15.0. The topological polar surface area (TPSA) is 68.5 Å². The first-order valence-electron chi connectivity index (χ1n) is 9.80. The monoisotopic (exact) mass is 406 g/mol. The van der Waals surface area contributed by atoms with E-state index in [-0.39, 0.29) is 11.7 Å². The van der Waals surface area contributed by atoms with E-state index >= 15 is 0 Å². The van der Waals surface area contributed by atoms with E-state index in [2.05, 4.69) is 34.6 Å². The van der Waals surface area contributed by atoms with Gasteiger partial charge in [-0.05, 0) is 49.6 Å². The average Bonchev–Trinajstić information content (AvgIpc) is 3.32. The molecule has 2 heterocycles. The first-order valence-corrected chi connectivity index (χ1v) is 9.80. The van der Waals surface area contributed by atoms with Crippen molar-refractivity contribution in [1.82, 2.24) is 9.78 Å². The zero-order valence-corrected chi connectivity index (χ0v) is 17.1. The number of carbonyl (C=O) groups excluding carboxylic acids is 1. The van der Waals surface area contributed by atoms with Gasteiger partial charge in [-0.2, -0.15) is 5.10 Å². The van der Waals surface area contributed by atoms with Crippen LogP contribution >= 0.6 is 0 Å². The third-order valence-corrected chi connectivity index (χ3v) is 5.35. The number of amides is 1.